The van der Waals surface area contributed by atoms with Gasteiger partial charge in [0.05, 0.1) is 12.6 Å². The molecule has 1 aromatic rings. The van der Waals surface area contributed by atoms with Gasteiger partial charge in [-0.2, -0.15) is 0 Å². The van der Waals surface area contributed by atoms with E-state index < -0.39 is 0 Å². The Morgan fingerprint density at radius 1 is 1.37 bits per heavy atom. The summed E-state index contributed by atoms with van der Waals surface area (Å²) in [6.07, 6.45) is 0.406. The number of Topliss-reactive ketones (excluding diaryl/α,β-unsaturated/α-hetero) is 1. The number of benzene rings is 1. The molecule has 1 aromatic carbocycles. The maximum absolute atomic E-state index is 11.8. The smallest absolute Gasteiger partial charge is 0.238 e. The number of hydrogen-bond acceptors (Lipinski definition) is 4. The molecule has 2 rings (SSSR count). The number of ketones is 1. The molecule has 0 bridgehead atoms. The first-order valence-electron chi connectivity index (χ1n) is 6.36. The lowest BCUT2D eigenvalue weighted by atomic mass is 10.1. The van der Waals surface area contributed by atoms with Crippen molar-refractivity contribution in [1.29, 1.82) is 0 Å². The fourth-order valence-electron chi connectivity index (χ4n) is 2.15. The second-order valence-electron chi connectivity index (χ2n) is 4.86. The minimum Gasteiger partial charge on any atom is -0.392 e. The molecule has 0 radical (unpaired) electrons. The molecule has 1 amide bonds. The van der Waals surface area contributed by atoms with Crippen LogP contribution in [-0.2, 0) is 4.79 Å². The molecule has 0 saturated carbocycles. The lowest BCUT2D eigenvalue weighted by molar-refractivity contribution is -0.117. The number of amides is 1. The number of β-amino-alcohol motifs (C(OH)–C–C–N with tert-alkyl or cyclic N) is 1. The van der Waals surface area contributed by atoms with Gasteiger partial charge >= 0.3 is 0 Å². The second kappa shape index (κ2) is 5.95. The molecule has 1 aliphatic heterocycles. The van der Waals surface area contributed by atoms with Gasteiger partial charge in [0.1, 0.15) is 0 Å². The quantitative estimate of drug-likeness (QED) is 0.791. The summed E-state index contributed by atoms with van der Waals surface area (Å²) < 4.78 is 0. The van der Waals surface area contributed by atoms with Gasteiger partial charge in [-0.05, 0) is 37.6 Å². The standard InChI is InChI=1S/C14H18N2O3/c1-10(17)11-2-4-12(5-3-11)15-14(19)9-16-7-6-13(18)8-16/h2-5,13,18H,6-9H2,1H3,(H,15,19). The molecular weight excluding hydrogens is 244 g/mol. The monoisotopic (exact) mass is 262 g/mol. The van der Waals surface area contributed by atoms with Crippen molar-refractivity contribution in [1.82, 2.24) is 4.90 Å². The van der Waals surface area contributed by atoms with Crippen molar-refractivity contribution >= 4 is 17.4 Å². The van der Waals surface area contributed by atoms with E-state index in [4.69, 9.17) is 0 Å². The van der Waals surface area contributed by atoms with Crippen molar-refractivity contribution in [2.24, 2.45) is 0 Å². The van der Waals surface area contributed by atoms with Crippen LogP contribution < -0.4 is 5.32 Å². The number of aliphatic hydroxyl groups is 1. The highest BCUT2D eigenvalue weighted by Gasteiger charge is 2.21. The summed E-state index contributed by atoms with van der Waals surface area (Å²) in [6, 6.07) is 6.82. The van der Waals surface area contributed by atoms with E-state index in [0.717, 1.165) is 13.0 Å². The minimum atomic E-state index is -0.317. The molecule has 0 aromatic heterocycles. The summed E-state index contributed by atoms with van der Waals surface area (Å²) in [5.74, 6) is -0.103. The van der Waals surface area contributed by atoms with Crippen molar-refractivity contribution in [2.75, 3.05) is 25.0 Å². The number of hydrogen-bond donors (Lipinski definition) is 2. The van der Waals surface area contributed by atoms with E-state index in [1.165, 1.54) is 6.92 Å². The van der Waals surface area contributed by atoms with Crippen LogP contribution in [-0.4, -0.2) is 47.4 Å². The predicted octanol–water partition coefficient (Wildman–Crippen LogP) is 0.894. The Labute approximate surface area is 112 Å². The Balaban J connectivity index is 1.86. The maximum atomic E-state index is 11.8. The van der Waals surface area contributed by atoms with Gasteiger partial charge in [0.15, 0.2) is 5.78 Å². The molecule has 1 saturated heterocycles. The molecule has 1 aliphatic rings. The summed E-state index contributed by atoms with van der Waals surface area (Å²) in [4.78, 5) is 24.8. The average molecular weight is 262 g/mol. The zero-order valence-electron chi connectivity index (χ0n) is 10.9. The Morgan fingerprint density at radius 3 is 2.58 bits per heavy atom. The molecule has 1 fully saturated rings. The first-order valence-corrected chi connectivity index (χ1v) is 6.36. The number of carbonyl (C=O) groups is 2. The largest absolute Gasteiger partial charge is 0.392 e. The van der Waals surface area contributed by atoms with Crippen LogP contribution in [0, 0.1) is 0 Å². The first-order chi connectivity index (χ1) is 9.04. The van der Waals surface area contributed by atoms with Crippen LogP contribution in [0.15, 0.2) is 24.3 Å². The van der Waals surface area contributed by atoms with Crippen molar-refractivity contribution in [2.45, 2.75) is 19.4 Å². The highest BCUT2D eigenvalue weighted by molar-refractivity contribution is 5.96. The summed E-state index contributed by atoms with van der Waals surface area (Å²) >= 11 is 0. The number of aliphatic hydroxyl groups excluding tert-OH is 1. The summed E-state index contributed by atoms with van der Waals surface area (Å²) in [5, 5.41) is 12.2. The maximum Gasteiger partial charge on any atom is 0.238 e. The summed E-state index contributed by atoms with van der Waals surface area (Å²) in [7, 11) is 0. The zero-order valence-corrected chi connectivity index (χ0v) is 10.9. The predicted molar refractivity (Wildman–Crippen MR) is 72.1 cm³/mol. The number of nitrogens with zero attached hydrogens (tertiary/aromatic N) is 1. The topological polar surface area (TPSA) is 69.6 Å². The number of anilines is 1. The van der Waals surface area contributed by atoms with E-state index in [2.05, 4.69) is 5.32 Å². The molecular formula is C14H18N2O3. The minimum absolute atomic E-state index is 0.00364. The third-order valence-corrected chi connectivity index (χ3v) is 3.19. The van der Waals surface area contributed by atoms with Crippen LogP contribution in [0.3, 0.4) is 0 Å². The highest BCUT2D eigenvalue weighted by Crippen LogP contribution is 2.11. The van der Waals surface area contributed by atoms with Crippen LogP contribution in [0.2, 0.25) is 0 Å². The Hall–Kier alpha value is -1.72. The van der Waals surface area contributed by atoms with Crippen LogP contribution in [0.5, 0.6) is 0 Å². The van der Waals surface area contributed by atoms with Crippen molar-refractivity contribution < 1.29 is 14.7 Å². The molecule has 1 atom stereocenters. The molecule has 5 heteroatoms. The van der Waals surface area contributed by atoms with Crippen LogP contribution in [0.4, 0.5) is 5.69 Å². The SMILES string of the molecule is CC(=O)c1ccc(NC(=O)CN2CCC(O)C2)cc1. The summed E-state index contributed by atoms with van der Waals surface area (Å²) in [5.41, 5.74) is 1.30. The fourth-order valence-corrected chi connectivity index (χ4v) is 2.15. The van der Waals surface area contributed by atoms with Crippen molar-refractivity contribution in [3.8, 4) is 0 Å². The first kappa shape index (κ1) is 13.7. The van der Waals surface area contributed by atoms with E-state index >= 15 is 0 Å². The molecule has 102 valence electrons. The molecule has 1 heterocycles. The molecule has 0 spiro atoms. The van der Waals surface area contributed by atoms with Crippen LogP contribution in [0.1, 0.15) is 23.7 Å². The van der Waals surface area contributed by atoms with Gasteiger partial charge in [0.2, 0.25) is 5.91 Å². The third-order valence-electron chi connectivity index (χ3n) is 3.19. The normalized spacial score (nSPS) is 19.4. The van der Waals surface area contributed by atoms with E-state index in [0.29, 0.717) is 17.8 Å². The number of carbonyl (C=O) groups excluding carboxylic acids is 2. The average Bonchev–Trinajstić information content (AvgIpc) is 2.75. The second-order valence-corrected chi connectivity index (χ2v) is 4.86. The van der Waals surface area contributed by atoms with Gasteiger partial charge in [0.25, 0.3) is 0 Å². The molecule has 19 heavy (non-hydrogen) atoms. The van der Waals surface area contributed by atoms with Gasteiger partial charge < -0.3 is 10.4 Å². The van der Waals surface area contributed by atoms with Gasteiger partial charge in [-0.25, -0.2) is 0 Å². The van der Waals surface area contributed by atoms with E-state index in [-0.39, 0.29) is 24.3 Å². The third kappa shape index (κ3) is 3.87. The van der Waals surface area contributed by atoms with Crippen LogP contribution >= 0.6 is 0 Å². The van der Waals surface area contributed by atoms with Gasteiger partial charge in [-0.3, -0.25) is 14.5 Å². The zero-order chi connectivity index (χ0) is 13.8. The number of likely N-dealkylation sites (tertiary alicyclic amines) is 1. The fraction of sp³-hybridized carbons (Fsp3) is 0.429. The van der Waals surface area contributed by atoms with Gasteiger partial charge in [0, 0.05) is 24.3 Å². The van der Waals surface area contributed by atoms with E-state index in [9.17, 15) is 14.7 Å². The molecule has 0 aliphatic carbocycles. The van der Waals surface area contributed by atoms with E-state index in [1.54, 1.807) is 24.3 Å². The Morgan fingerprint density at radius 2 is 2.05 bits per heavy atom. The van der Waals surface area contributed by atoms with Crippen molar-refractivity contribution in [3.63, 3.8) is 0 Å². The number of rotatable bonds is 4. The Kier molecular flexibility index (Phi) is 4.29. The summed E-state index contributed by atoms with van der Waals surface area (Å²) in [6.45, 7) is 3.09. The number of nitrogens with one attached hydrogen (secondary N) is 1. The molecule has 2 N–H and O–H groups in total. The van der Waals surface area contributed by atoms with Gasteiger partial charge in [-0.15, -0.1) is 0 Å². The lowest BCUT2D eigenvalue weighted by Crippen LogP contribution is -2.32. The highest BCUT2D eigenvalue weighted by atomic mass is 16.3. The van der Waals surface area contributed by atoms with E-state index in [1.807, 2.05) is 4.90 Å². The molecule has 5 nitrogen and oxygen atoms in total. The van der Waals surface area contributed by atoms with Crippen LogP contribution in [0.25, 0.3) is 0 Å². The lowest BCUT2D eigenvalue weighted by Gasteiger charge is -2.14. The van der Waals surface area contributed by atoms with Crippen molar-refractivity contribution in [3.05, 3.63) is 29.8 Å². The Bertz CT molecular complexity index is 470. The van der Waals surface area contributed by atoms with Gasteiger partial charge in [-0.1, -0.05) is 0 Å². The molecule has 1 unspecified atom stereocenters.